The molecule has 0 fully saturated rings. The summed E-state index contributed by atoms with van der Waals surface area (Å²) in [7, 11) is 1.28. The van der Waals surface area contributed by atoms with Gasteiger partial charge in [-0.2, -0.15) is 0 Å². The van der Waals surface area contributed by atoms with Crippen molar-refractivity contribution in [2.75, 3.05) is 7.11 Å². The van der Waals surface area contributed by atoms with Gasteiger partial charge in [-0.3, -0.25) is 9.89 Å². The summed E-state index contributed by atoms with van der Waals surface area (Å²) < 4.78 is 5.91. The van der Waals surface area contributed by atoms with Gasteiger partial charge in [-0.25, -0.2) is 14.3 Å². The highest BCUT2D eigenvalue weighted by atomic mass is 16.5. The van der Waals surface area contributed by atoms with Crippen molar-refractivity contribution in [3.05, 3.63) is 33.9 Å². The van der Waals surface area contributed by atoms with E-state index in [9.17, 15) is 9.59 Å². The van der Waals surface area contributed by atoms with Gasteiger partial charge in [-0.15, -0.1) is 0 Å². The van der Waals surface area contributed by atoms with Crippen molar-refractivity contribution >= 4 is 11.6 Å². The lowest BCUT2D eigenvalue weighted by atomic mass is 10.3. The second-order valence-electron chi connectivity index (χ2n) is 3.09. The average Bonchev–Trinajstić information content (AvgIpc) is 2.55. The SMILES string of the molecule is COC(=O)c1cc(C)nc2cc(=O)[nH]n12. The van der Waals surface area contributed by atoms with Gasteiger partial charge in [0.2, 0.25) is 0 Å². The van der Waals surface area contributed by atoms with E-state index in [2.05, 4.69) is 14.8 Å². The van der Waals surface area contributed by atoms with E-state index in [0.717, 1.165) is 0 Å². The first kappa shape index (κ1) is 9.45. The van der Waals surface area contributed by atoms with Gasteiger partial charge in [0.15, 0.2) is 11.3 Å². The number of aryl methyl sites for hydroxylation is 1. The lowest BCUT2D eigenvalue weighted by molar-refractivity contribution is 0.0590. The van der Waals surface area contributed by atoms with E-state index in [-0.39, 0.29) is 11.3 Å². The second kappa shape index (κ2) is 3.23. The van der Waals surface area contributed by atoms with Crippen LogP contribution in [0.15, 0.2) is 16.9 Å². The summed E-state index contributed by atoms with van der Waals surface area (Å²) in [6.45, 7) is 1.74. The van der Waals surface area contributed by atoms with E-state index in [1.54, 1.807) is 13.0 Å². The zero-order valence-corrected chi connectivity index (χ0v) is 8.27. The molecule has 78 valence electrons. The Kier molecular flexibility index (Phi) is 2.03. The van der Waals surface area contributed by atoms with Gasteiger partial charge < -0.3 is 4.74 Å². The van der Waals surface area contributed by atoms with E-state index >= 15 is 0 Å². The summed E-state index contributed by atoms with van der Waals surface area (Å²) in [5.41, 5.74) is 0.996. The van der Waals surface area contributed by atoms with Crippen LogP contribution in [-0.4, -0.2) is 27.7 Å². The standard InChI is InChI=1S/C9H9N3O3/c1-5-3-6(9(14)15-2)12-7(10-5)4-8(13)11-12/h3-4H,1-2H3,(H,11,13). The zero-order chi connectivity index (χ0) is 11.0. The second-order valence-corrected chi connectivity index (χ2v) is 3.09. The van der Waals surface area contributed by atoms with Gasteiger partial charge in [0, 0.05) is 11.8 Å². The smallest absolute Gasteiger partial charge is 0.356 e. The highest BCUT2D eigenvalue weighted by Gasteiger charge is 2.12. The Hall–Kier alpha value is -2.11. The van der Waals surface area contributed by atoms with E-state index in [1.165, 1.54) is 17.7 Å². The molecule has 2 heterocycles. The van der Waals surface area contributed by atoms with Crippen molar-refractivity contribution in [2.24, 2.45) is 0 Å². The van der Waals surface area contributed by atoms with Crippen molar-refractivity contribution < 1.29 is 9.53 Å². The molecule has 0 atom stereocenters. The number of rotatable bonds is 1. The maximum absolute atomic E-state index is 11.4. The quantitative estimate of drug-likeness (QED) is 0.674. The highest BCUT2D eigenvalue weighted by molar-refractivity contribution is 5.88. The number of hydrogen-bond donors (Lipinski definition) is 1. The summed E-state index contributed by atoms with van der Waals surface area (Å²) in [6.07, 6.45) is 0. The van der Waals surface area contributed by atoms with Gasteiger partial charge in [0.25, 0.3) is 5.56 Å². The summed E-state index contributed by atoms with van der Waals surface area (Å²) in [6, 6.07) is 2.87. The van der Waals surface area contributed by atoms with Gasteiger partial charge in [-0.1, -0.05) is 0 Å². The van der Waals surface area contributed by atoms with Crippen LogP contribution in [0.5, 0.6) is 0 Å². The minimum atomic E-state index is -0.516. The number of methoxy groups -OCH3 is 1. The molecule has 0 radical (unpaired) electrons. The topological polar surface area (TPSA) is 76.5 Å². The highest BCUT2D eigenvalue weighted by Crippen LogP contribution is 2.05. The number of carbonyl (C=O) groups excluding carboxylic acids is 1. The van der Waals surface area contributed by atoms with Gasteiger partial charge in [0.1, 0.15) is 0 Å². The molecule has 0 aromatic carbocycles. The Labute approximate surface area is 84.5 Å². The van der Waals surface area contributed by atoms with Crippen molar-refractivity contribution in [1.29, 1.82) is 0 Å². The Bertz CT molecular complexity index is 582. The number of aromatic nitrogens is 3. The number of hydrogen-bond acceptors (Lipinski definition) is 4. The fourth-order valence-corrected chi connectivity index (χ4v) is 1.38. The summed E-state index contributed by atoms with van der Waals surface area (Å²) in [5.74, 6) is -0.516. The van der Waals surface area contributed by atoms with Crippen LogP contribution >= 0.6 is 0 Å². The molecule has 1 N–H and O–H groups in total. The van der Waals surface area contributed by atoms with E-state index < -0.39 is 5.97 Å². The van der Waals surface area contributed by atoms with Crippen LogP contribution < -0.4 is 5.56 Å². The Morgan fingerprint density at radius 2 is 2.27 bits per heavy atom. The van der Waals surface area contributed by atoms with Crippen molar-refractivity contribution in [2.45, 2.75) is 6.92 Å². The number of nitrogens with one attached hydrogen (secondary N) is 1. The summed E-state index contributed by atoms with van der Waals surface area (Å²) in [4.78, 5) is 26.6. The lowest BCUT2D eigenvalue weighted by Gasteiger charge is -2.03. The lowest BCUT2D eigenvalue weighted by Crippen LogP contribution is -2.12. The minimum Gasteiger partial charge on any atom is -0.464 e. The van der Waals surface area contributed by atoms with Crippen LogP contribution in [0.1, 0.15) is 16.2 Å². The molecule has 0 aliphatic heterocycles. The number of nitrogens with zero attached hydrogens (tertiary/aromatic N) is 2. The molecule has 6 heteroatoms. The minimum absolute atomic E-state index is 0.252. The van der Waals surface area contributed by atoms with E-state index in [1.807, 2.05) is 0 Å². The molecule has 0 aliphatic carbocycles. The van der Waals surface area contributed by atoms with Gasteiger partial charge >= 0.3 is 5.97 Å². The molecule has 0 bridgehead atoms. The Morgan fingerprint density at radius 3 is 2.93 bits per heavy atom. The number of esters is 1. The van der Waals surface area contributed by atoms with Crippen LogP contribution in [0.4, 0.5) is 0 Å². The predicted molar refractivity (Wildman–Crippen MR) is 51.9 cm³/mol. The van der Waals surface area contributed by atoms with Crippen LogP contribution in [0.2, 0.25) is 0 Å². The number of carbonyl (C=O) groups is 1. The third-order valence-corrected chi connectivity index (χ3v) is 1.98. The first-order valence-electron chi connectivity index (χ1n) is 4.29. The molecule has 2 aromatic heterocycles. The normalized spacial score (nSPS) is 10.5. The monoisotopic (exact) mass is 207 g/mol. The number of fused-ring (bicyclic) bond motifs is 1. The Balaban J connectivity index is 2.81. The first-order valence-corrected chi connectivity index (χ1v) is 4.29. The van der Waals surface area contributed by atoms with E-state index in [0.29, 0.717) is 11.3 Å². The molecule has 15 heavy (non-hydrogen) atoms. The number of aromatic amines is 1. The molecule has 6 nitrogen and oxygen atoms in total. The largest absolute Gasteiger partial charge is 0.464 e. The summed E-state index contributed by atoms with van der Waals surface area (Å²) in [5, 5.41) is 2.47. The first-order chi connectivity index (χ1) is 7.11. The fraction of sp³-hybridized carbons (Fsp3) is 0.222. The molecule has 0 amide bonds. The van der Waals surface area contributed by atoms with Crippen molar-refractivity contribution in [3.63, 3.8) is 0 Å². The Morgan fingerprint density at radius 1 is 1.53 bits per heavy atom. The third kappa shape index (κ3) is 1.50. The van der Waals surface area contributed by atoms with Crippen LogP contribution in [0.3, 0.4) is 0 Å². The molecule has 2 rings (SSSR count). The maximum Gasteiger partial charge on any atom is 0.356 e. The predicted octanol–water partition coefficient (Wildman–Crippen LogP) is 0.118. The van der Waals surface area contributed by atoms with Crippen molar-refractivity contribution in [1.82, 2.24) is 14.6 Å². The third-order valence-electron chi connectivity index (χ3n) is 1.98. The fourth-order valence-electron chi connectivity index (χ4n) is 1.38. The summed E-state index contributed by atoms with van der Waals surface area (Å²) >= 11 is 0. The zero-order valence-electron chi connectivity index (χ0n) is 8.27. The van der Waals surface area contributed by atoms with Crippen LogP contribution in [-0.2, 0) is 4.74 Å². The molecular formula is C9H9N3O3. The number of ether oxygens (including phenoxy) is 1. The van der Waals surface area contributed by atoms with Gasteiger partial charge in [-0.05, 0) is 13.0 Å². The maximum atomic E-state index is 11.4. The molecule has 0 saturated carbocycles. The van der Waals surface area contributed by atoms with Gasteiger partial charge in [0.05, 0.1) is 7.11 Å². The molecule has 0 spiro atoms. The molecule has 0 aliphatic rings. The molecule has 2 aromatic rings. The molecular weight excluding hydrogens is 198 g/mol. The molecule has 0 saturated heterocycles. The number of H-pyrrole nitrogens is 1. The van der Waals surface area contributed by atoms with Crippen molar-refractivity contribution in [3.8, 4) is 0 Å². The van der Waals surface area contributed by atoms with E-state index in [4.69, 9.17) is 0 Å². The average molecular weight is 207 g/mol. The molecule has 0 unspecified atom stereocenters. The van der Waals surface area contributed by atoms with Crippen LogP contribution in [0.25, 0.3) is 5.65 Å². The van der Waals surface area contributed by atoms with Crippen LogP contribution in [0, 0.1) is 6.92 Å².